The van der Waals surface area contributed by atoms with Crippen LogP contribution in [0.2, 0.25) is 0 Å². The largest absolute Gasteiger partial charge is 0.327 e. The van der Waals surface area contributed by atoms with Gasteiger partial charge in [0.2, 0.25) is 0 Å². The van der Waals surface area contributed by atoms with Crippen LogP contribution in [-0.4, -0.2) is 32.9 Å². The number of halogens is 2. The van der Waals surface area contributed by atoms with E-state index in [1.54, 1.807) is 36.4 Å². The van der Waals surface area contributed by atoms with Gasteiger partial charge in [0.05, 0.1) is 23.0 Å². The molecule has 0 N–H and O–H groups in total. The van der Waals surface area contributed by atoms with Crippen LogP contribution in [0.1, 0.15) is 12.0 Å². The second-order valence-corrected chi connectivity index (χ2v) is 8.25. The van der Waals surface area contributed by atoms with Crippen LogP contribution in [0.3, 0.4) is 0 Å². The smallest absolute Gasteiger partial charge is 0.249 e. The molecule has 0 radical (unpaired) electrons. The molecular formula is C17H14F2N4O2S. The number of alkyl halides is 2. The summed E-state index contributed by atoms with van der Waals surface area (Å²) in [4.78, 5) is 4.39. The molecule has 134 valence electrons. The van der Waals surface area contributed by atoms with Gasteiger partial charge in [0, 0.05) is 31.5 Å². The quantitative estimate of drug-likeness (QED) is 0.825. The van der Waals surface area contributed by atoms with Gasteiger partial charge >= 0.3 is 10.2 Å². The van der Waals surface area contributed by atoms with Gasteiger partial charge in [-0.2, -0.15) is 13.7 Å². The van der Waals surface area contributed by atoms with Gasteiger partial charge in [-0.3, -0.25) is 0 Å². The maximum absolute atomic E-state index is 13.3. The predicted molar refractivity (Wildman–Crippen MR) is 92.1 cm³/mol. The third kappa shape index (κ3) is 2.41. The van der Waals surface area contributed by atoms with Gasteiger partial charge in [-0.1, -0.05) is 18.2 Å². The highest BCUT2D eigenvalue weighted by Crippen LogP contribution is 2.51. The van der Waals surface area contributed by atoms with Crippen molar-refractivity contribution in [1.82, 2.24) is 4.98 Å². The van der Waals surface area contributed by atoms with E-state index < -0.39 is 22.0 Å². The molecule has 0 bridgehead atoms. The molecule has 1 aliphatic heterocycles. The van der Waals surface area contributed by atoms with Crippen molar-refractivity contribution in [3.63, 3.8) is 0 Å². The average molecular weight is 376 g/mol. The number of rotatable bonds is 3. The minimum Gasteiger partial charge on any atom is -0.249 e. The van der Waals surface area contributed by atoms with E-state index >= 15 is 0 Å². The average Bonchev–Trinajstić information content (AvgIpc) is 3.19. The van der Waals surface area contributed by atoms with Crippen LogP contribution in [0.5, 0.6) is 0 Å². The summed E-state index contributed by atoms with van der Waals surface area (Å²) in [6, 6.07) is 12.1. The zero-order valence-corrected chi connectivity index (χ0v) is 14.5. The Labute approximate surface area is 149 Å². The van der Waals surface area contributed by atoms with Crippen LogP contribution in [0.4, 0.5) is 20.3 Å². The number of pyridine rings is 1. The fourth-order valence-corrected chi connectivity index (χ4v) is 4.47. The lowest BCUT2D eigenvalue weighted by Crippen LogP contribution is -2.37. The second kappa shape index (κ2) is 5.38. The maximum Gasteiger partial charge on any atom is 0.327 e. The van der Waals surface area contributed by atoms with Crippen LogP contribution in [0, 0.1) is 17.2 Å². The first-order chi connectivity index (χ1) is 12.3. The molecule has 6 nitrogen and oxygen atoms in total. The third-order valence-electron chi connectivity index (χ3n) is 4.71. The molecule has 1 aliphatic carbocycles. The standard InChI is InChI=1S/C17H14F2N4O2S/c1-22-16-15(23(26(22,24)25)10-12-8-17(12,18)19)7-6-14(21-16)13-5-3-2-4-11(13)9-20/h2-7,12H,8,10H2,1H3. The maximum atomic E-state index is 13.3. The highest BCUT2D eigenvalue weighted by atomic mass is 32.2. The van der Waals surface area contributed by atoms with Gasteiger partial charge in [-0.25, -0.2) is 22.4 Å². The van der Waals surface area contributed by atoms with Crippen molar-refractivity contribution in [3.05, 3.63) is 42.0 Å². The van der Waals surface area contributed by atoms with Crippen LogP contribution < -0.4 is 8.61 Å². The molecule has 0 saturated heterocycles. The fourth-order valence-electron chi connectivity index (χ4n) is 3.06. The van der Waals surface area contributed by atoms with Gasteiger partial charge in [-0.15, -0.1) is 0 Å². The number of hydrogen-bond donors (Lipinski definition) is 0. The van der Waals surface area contributed by atoms with Crippen molar-refractivity contribution in [1.29, 1.82) is 5.26 Å². The molecule has 9 heteroatoms. The number of benzene rings is 1. The molecule has 2 heterocycles. The monoisotopic (exact) mass is 376 g/mol. The summed E-state index contributed by atoms with van der Waals surface area (Å²) in [6.45, 7) is -0.275. The molecule has 2 aliphatic rings. The molecule has 1 atom stereocenters. The number of nitrogens with zero attached hydrogens (tertiary/aromatic N) is 4. The lowest BCUT2D eigenvalue weighted by atomic mass is 10.0. The van der Waals surface area contributed by atoms with E-state index in [1.807, 2.05) is 0 Å². The molecule has 26 heavy (non-hydrogen) atoms. The van der Waals surface area contributed by atoms with Gasteiger partial charge in [-0.05, 0) is 18.2 Å². The van der Waals surface area contributed by atoms with Crippen LogP contribution in [0.15, 0.2) is 36.4 Å². The summed E-state index contributed by atoms with van der Waals surface area (Å²) in [5.41, 5.74) is 1.71. The first-order valence-corrected chi connectivity index (χ1v) is 9.30. The molecule has 1 fully saturated rings. The van der Waals surface area contributed by atoms with E-state index in [2.05, 4.69) is 11.1 Å². The van der Waals surface area contributed by atoms with Crippen molar-refractivity contribution in [2.24, 2.45) is 5.92 Å². The Morgan fingerprint density at radius 3 is 2.65 bits per heavy atom. The lowest BCUT2D eigenvalue weighted by Gasteiger charge is -2.18. The van der Waals surface area contributed by atoms with E-state index in [-0.39, 0.29) is 24.5 Å². The second-order valence-electron chi connectivity index (χ2n) is 6.37. The van der Waals surface area contributed by atoms with Crippen molar-refractivity contribution < 1.29 is 17.2 Å². The fraction of sp³-hybridized carbons (Fsp3) is 0.294. The van der Waals surface area contributed by atoms with Gasteiger partial charge in [0.15, 0.2) is 5.82 Å². The summed E-state index contributed by atoms with van der Waals surface area (Å²) >= 11 is 0. The zero-order chi connectivity index (χ0) is 18.7. The van der Waals surface area contributed by atoms with Crippen LogP contribution >= 0.6 is 0 Å². The Kier molecular flexibility index (Phi) is 3.46. The van der Waals surface area contributed by atoms with Crippen molar-refractivity contribution >= 4 is 21.7 Å². The molecule has 1 aromatic heterocycles. The molecular weight excluding hydrogens is 362 g/mol. The molecule has 1 aromatic carbocycles. The van der Waals surface area contributed by atoms with E-state index in [9.17, 15) is 22.5 Å². The Morgan fingerprint density at radius 1 is 1.31 bits per heavy atom. The van der Waals surface area contributed by atoms with Crippen molar-refractivity contribution in [3.8, 4) is 17.3 Å². The summed E-state index contributed by atoms with van der Waals surface area (Å²) < 4.78 is 53.7. The number of fused-ring (bicyclic) bond motifs is 1. The number of aromatic nitrogens is 1. The molecule has 1 saturated carbocycles. The Balaban J connectivity index is 1.77. The zero-order valence-electron chi connectivity index (χ0n) is 13.7. The van der Waals surface area contributed by atoms with Crippen molar-refractivity contribution in [2.45, 2.75) is 12.3 Å². The minimum atomic E-state index is -3.94. The number of nitriles is 1. The third-order valence-corrected chi connectivity index (χ3v) is 6.48. The molecule has 0 amide bonds. The molecule has 4 rings (SSSR count). The molecule has 1 unspecified atom stereocenters. The SMILES string of the molecule is CN1c2nc(-c3ccccc3C#N)ccc2N(CC2CC2(F)F)S1(=O)=O. The normalized spacial score (nSPS) is 22.0. The van der Waals surface area contributed by atoms with E-state index in [1.165, 1.54) is 7.05 Å². The summed E-state index contributed by atoms with van der Waals surface area (Å²) in [5, 5.41) is 9.24. The van der Waals surface area contributed by atoms with E-state index in [0.29, 0.717) is 16.8 Å². The van der Waals surface area contributed by atoms with Gasteiger partial charge in [0.1, 0.15) is 0 Å². The van der Waals surface area contributed by atoms with Gasteiger partial charge < -0.3 is 0 Å². The lowest BCUT2D eigenvalue weighted by molar-refractivity contribution is 0.101. The summed E-state index contributed by atoms with van der Waals surface area (Å²) in [5.74, 6) is -3.62. The highest BCUT2D eigenvalue weighted by molar-refractivity contribution is 7.94. The van der Waals surface area contributed by atoms with E-state index in [4.69, 9.17) is 0 Å². The van der Waals surface area contributed by atoms with Gasteiger partial charge in [0.25, 0.3) is 5.92 Å². The highest BCUT2D eigenvalue weighted by Gasteiger charge is 2.59. The Morgan fingerprint density at radius 2 is 2.00 bits per heavy atom. The Hall–Kier alpha value is -2.73. The topological polar surface area (TPSA) is 77.3 Å². The van der Waals surface area contributed by atoms with E-state index in [0.717, 1.165) is 8.61 Å². The molecule has 2 aromatic rings. The summed E-state index contributed by atoms with van der Waals surface area (Å²) in [7, 11) is -2.60. The number of hydrogen-bond acceptors (Lipinski definition) is 4. The van der Waals surface area contributed by atoms with Crippen LogP contribution in [0.25, 0.3) is 11.3 Å². The summed E-state index contributed by atoms with van der Waals surface area (Å²) in [6.07, 6.45) is -0.306. The first-order valence-electron chi connectivity index (χ1n) is 7.90. The van der Waals surface area contributed by atoms with Crippen molar-refractivity contribution in [2.75, 3.05) is 22.2 Å². The minimum absolute atomic E-state index is 0.166. The predicted octanol–water partition coefficient (Wildman–Crippen LogP) is 2.78. The number of anilines is 2. The van der Waals surface area contributed by atoms with Crippen LogP contribution in [-0.2, 0) is 10.2 Å². The first kappa shape index (κ1) is 16.7. The molecule has 0 spiro atoms. The Bertz CT molecular complexity index is 1050.